The number of rotatable bonds is 1. The van der Waals surface area contributed by atoms with Crippen molar-refractivity contribution in [1.82, 2.24) is 14.5 Å². The molecule has 2 N–H and O–H groups in total. The highest BCUT2D eigenvalue weighted by molar-refractivity contribution is 5.78. The predicted octanol–water partition coefficient (Wildman–Crippen LogP) is 1.83. The molecule has 78 valence electrons. The molecule has 0 aliphatic heterocycles. The van der Waals surface area contributed by atoms with Crippen molar-refractivity contribution in [2.45, 2.75) is 32.2 Å². The topological polar surface area (TPSA) is 56.7 Å². The fourth-order valence-electron chi connectivity index (χ4n) is 2.05. The Balaban J connectivity index is 2.38. The third kappa shape index (κ3) is 1.07. The second kappa shape index (κ2) is 2.51. The summed E-state index contributed by atoms with van der Waals surface area (Å²) in [4.78, 5) is 8.79. The van der Waals surface area contributed by atoms with Crippen LogP contribution in [0.4, 0.5) is 5.95 Å². The van der Waals surface area contributed by atoms with E-state index in [2.05, 4.69) is 21.5 Å². The molecule has 2 aromatic heterocycles. The maximum atomic E-state index is 5.96. The first-order valence-electron chi connectivity index (χ1n) is 5.22. The summed E-state index contributed by atoms with van der Waals surface area (Å²) in [6.07, 6.45) is 4.15. The van der Waals surface area contributed by atoms with Gasteiger partial charge in [0.1, 0.15) is 5.52 Å². The standard InChI is InChI=1S/C11H14N4/c1-7-3-6-13-9-8(7)14-10(12)15(9)11(2)4-5-11/h3,6H,4-5H2,1-2H3,(H2,12,14). The van der Waals surface area contributed by atoms with Crippen molar-refractivity contribution in [2.75, 3.05) is 5.73 Å². The number of hydrogen-bond acceptors (Lipinski definition) is 3. The van der Waals surface area contributed by atoms with Crippen LogP contribution in [0.3, 0.4) is 0 Å². The fraction of sp³-hybridized carbons (Fsp3) is 0.455. The minimum Gasteiger partial charge on any atom is -0.369 e. The van der Waals surface area contributed by atoms with Gasteiger partial charge in [-0.3, -0.25) is 4.57 Å². The SMILES string of the molecule is Cc1ccnc2c1nc(N)n2C1(C)CC1. The molecule has 1 aliphatic rings. The van der Waals surface area contributed by atoms with E-state index in [0.29, 0.717) is 5.95 Å². The number of aryl methyl sites for hydroxylation is 1. The van der Waals surface area contributed by atoms with Crippen molar-refractivity contribution >= 4 is 17.1 Å². The molecule has 2 heterocycles. The van der Waals surface area contributed by atoms with E-state index in [1.165, 1.54) is 0 Å². The third-order valence-corrected chi connectivity index (χ3v) is 3.29. The van der Waals surface area contributed by atoms with Gasteiger partial charge in [0.2, 0.25) is 5.95 Å². The minimum absolute atomic E-state index is 0.152. The normalized spacial score (nSPS) is 18.3. The molecule has 1 fully saturated rings. The lowest BCUT2D eigenvalue weighted by Gasteiger charge is -2.12. The van der Waals surface area contributed by atoms with Crippen LogP contribution in [0.2, 0.25) is 0 Å². The van der Waals surface area contributed by atoms with Gasteiger partial charge in [-0.2, -0.15) is 0 Å². The van der Waals surface area contributed by atoms with Crippen LogP contribution < -0.4 is 5.73 Å². The van der Waals surface area contributed by atoms with E-state index >= 15 is 0 Å². The Morgan fingerprint density at radius 3 is 2.87 bits per heavy atom. The summed E-state index contributed by atoms with van der Waals surface area (Å²) < 4.78 is 2.08. The average molecular weight is 202 g/mol. The zero-order valence-corrected chi connectivity index (χ0v) is 8.99. The van der Waals surface area contributed by atoms with Crippen molar-refractivity contribution in [2.24, 2.45) is 0 Å². The van der Waals surface area contributed by atoms with E-state index in [1.807, 2.05) is 19.2 Å². The molecule has 1 aliphatic carbocycles. The van der Waals surface area contributed by atoms with Crippen molar-refractivity contribution in [3.8, 4) is 0 Å². The molecule has 0 saturated heterocycles. The molecule has 3 rings (SSSR count). The summed E-state index contributed by atoms with van der Waals surface area (Å²) in [5.41, 5.74) is 9.10. The molecule has 4 nitrogen and oxygen atoms in total. The van der Waals surface area contributed by atoms with Crippen LogP contribution >= 0.6 is 0 Å². The second-order valence-corrected chi connectivity index (χ2v) is 4.60. The van der Waals surface area contributed by atoms with Gasteiger partial charge in [-0.15, -0.1) is 0 Å². The molecule has 0 spiro atoms. The van der Waals surface area contributed by atoms with Gasteiger partial charge in [-0.25, -0.2) is 9.97 Å². The highest BCUT2D eigenvalue weighted by atomic mass is 15.2. The van der Waals surface area contributed by atoms with Crippen LogP contribution in [0.15, 0.2) is 12.3 Å². The third-order valence-electron chi connectivity index (χ3n) is 3.29. The molecule has 1 saturated carbocycles. The van der Waals surface area contributed by atoms with Gasteiger partial charge >= 0.3 is 0 Å². The Hall–Kier alpha value is -1.58. The summed E-state index contributed by atoms with van der Waals surface area (Å²) in [6.45, 7) is 4.24. The van der Waals surface area contributed by atoms with E-state index in [0.717, 1.165) is 29.6 Å². The quantitative estimate of drug-likeness (QED) is 0.767. The number of anilines is 1. The zero-order valence-electron chi connectivity index (χ0n) is 8.99. The summed E-state index contributed by atoms with van der Waals surface area (Å²) in [6, 6.07) is 1.97. The Bertz CT molecular complexity index is 537. The number of imidazole rings is 1. The van der Waals surface area contributed by atoms with E-state index < -0.39 is 0 Å². The molecule has 4 heteroatoms. The maximum Gasteiger partial charge on any atom is 0.202 e. The lowest BCUT2D eigenvalue weighted by atomic mass is 10.2. The van der Waals surface area contributed by atoms with Crippen LogP contribution in [-0.2, 0) is 5.54 Å². The number of pyridine rings is 1. The van der Waals surface area contributed by atoms with Gasteiger partial charge in [0.25, 0.3) is 0 Å². The smallest absolute Gasteiger partial charge is 0.202 e. The van der Waals surface area contributed by atoms with Gasteiger partial charge in [-0.05, 0) is 38.3 Å². The van der Waals surface area contributed by atoms with Gasteiger partial charge < -0.3 is 5.73 Å². The van der Waals surface area contributed by atoms with Crippen LogP contribution in [0.1, 0.15) is 25.3 Å². The Morgan fingerprint density at radius 2 is 2.20 bits per heavy atom. The van der Waals surface area contributed by atoms with Crippen LogP contribution in [0.25, 0.3) is 11.2 Å². The first-order valence-corrected chi connectivity index (χ1v) is 5.22. The monoisotopic (exact) mass is 202 g/mol. The highest BCUT2D eigenvalue weighted by Gasteiger charge is 2.42. The van der Waals surface area contributed by atoms with Crippen LogP contribution in [-0.4, -0.2) is 14.5 Å². The summed E-state index contributed by atoms with van der Waals surface area (Å²) in [5.74, 6) is 0.590. The number of nitrogens with two attached hydrogens (primary N) is 1. The Labute approximate surface area is 88.1 Å². The van der Waals surface area contributed by atoms with Crippen molar-refractivity contribution in [3.05, 3.63) is 17.8 Å². The van der Waals surface area contributed by atoms with Crippen molar-refractivity contribution < 1.29 is 0 Å². The molecule has 0 amide bonds. The highest BCUT2D eigenvalue weighted by Crippen LogP contribution is 2.45. The average Bonchev–Trinajstić information content (AvgIpc) is 2.80. The van der Waals surface area contributed by atoms with E-state index in [9.17, 15) is 0 Å². The zero-order chi connectivity index (χ0) is 10.6. The van der Waals surface area contributed by atoms with Crippen molar-refractivity contribution in [3.63, 3.8) is 0 Å². The van der Waals surface area contributed by atoms with Crippen LogP contribution in [0, 0.1) is 6.92 Å². The summed E-state index contributed by atoms with van der Waals surface area (Å²) >= 11 is 0. The lowest BCUT2D eigenvalue weighted by Crippen LogP contribution is -2.15. The largest absolute Gasteiger partial charge is 0.369 e. The summed E-state index contributed by atoms with van der Waals surface area (Å²) in [5, 5.41) is 0. The Morgan fingerprint density at radius 1 is 1.47 bits per heavy atom. The van der Waals surface area contributed by atoms with Gasteiger partial charge in [0.05, 0.1) is 0 Å². The minimum atomic E-state index is 0.152. The number of hydrogen-bond donors (Lipinski definition) is 1. The lowest BCUT2D eigenvalue weighted by molar-refractivity contribution is 0.553. The molecule has 0 bridgehead atoms. The molecule has 0 atom stereocenters. The molecule has 0 aromatic carbocycles. The number of aromatic nitrogens is 3. The predicted molar refractivity (Wildman–Crippen MR) is 59.6 cm³/mol. The van der Waals surface area contributed by atoms with Gasteiger partial charge in [0, 0.05) is 11.7 Å². The Kier molecular flexibility index (Phi) is 1.45. The number of fused-ring (bicyclic) bond motifs is 1. The van der Waals surface area contributed by atoms with Crippen molar-refractivity contribution in [1.29, 1.82) is 0 Å². The van der Waals surface area contributed by atoms with Gasteiger partial charge in [0.15, 0.2) is 5.65 Å². The number of nitrogen functional groups attached to an aromatic ring is 1. The maximum absolute atomic E-state index is 5.96. The van der Waals surface area contributed by atoms with E-state index in [4.69, 9.17) is 5.73 Å². The molecular weight excluding hydrogens is 188 g/mol. The van der Waals surface area contributed by atoms with Crippen LogP contribution in [0.5, 0.6) is 0 Å². The number of nitrogens with zero attached hydrogens (tertiary/aromatic N) is 3. The fourth-order valence-corrected chi connectivity index (χ4v) is 2.05. The summed E-state index contributed by atoms with van der Waals surface area (Å²) in [7, 11) is 0. The first kappa shape index (κ1) is 8.71. The molecule has 0 radical (unpaired) electrons. The van der Waals surface area contributed by atoms with E-state index in [-0.39, 0.29) is 5.54 Å². The first-order chi connectivity index (χ1) is 7.12. The molecule has 2 aromatic rings. The van der Waals surface area contributed by atoms with Gasteiger partial charge in [-0.1, -0.05) is 0 Å². The molecular formula is C11H14N4. The van der Waals surface area contributed by atoms with E-state index in [1.54, 1.807) is 0 Å². The molecule has 15 heavy (non-hydrogen) atoms. The molecule has 0 unspecified atom stereocenters. The second-order valence-electron chi connectivity index (χ2n) is 4.60.